The average Bonchev–Trinajstić information content (AvgIpc) is 2.20. The molecule has 0 heterocycles. The summed E-state index contributed by atoms with van der Waals surface area (Å²) in [6.45, 7) is 5.73. The molecular weight excluding hydrogens is 174 g/mol. The first-order valence-corrected chi connectivity index (χ1v) is 4.62. The maximum Gasteiger partial charge on any atom is 0.127 e. The molecular formula is C12H15NO. The summed E-state index contributed by atoms with van der Waals surface area (Å²) in [6.07, 6.45) is 4.60. The zero-order valence-electron chi connectivity index (χ0n) is 8.36. The van der Waals surface area contributed by atoms with Gasteiger partial charge in [-0.15, -0.1) is 0 Å². The Kier molecular flexibility index (Phi) is 3.80. The summed E-state index contributed by atoms with van der Waals surface area (Å²) in [5.41, 5.74) is 6.29. The maximum absolute atomic E-state index is 5.56. The van der Waals surface area contributed by atoms with Crippen LogP contribution in [0.4, 0.5) is 5.69 Å². The summed E-state index contributed by atoms with van der Waals surface area (Å²) >= 11 is 0. The summed E-state index contributed by atoms with van der Waals surface area (Å²) in [4.78, 5) is 0. The van der Waals surface area contributed by atoms with Crippen molar-refractivity contribution in [2.45, 2.75) is 13.3 Å². The van der Waals surface area contributed by atoms with E-state index in [2.05, 4.69) is 13.5 Å². The van der Waals surface area contributed by atoms with Gasteiger partial charge in [0.15, 0.2) is 0 Å². The molecule has 14 heavy (non-hydrogen) atoms. The molecule has 0 aromatic heterocycles. The minimum atomic E-state index is 0.733. The second-order valence-corrected chi connectivity index (χ2v) is 2.89. The Hall–Kier alpha value is -1.70. The van der Waals surface area contributed by atoms with Crippen LogP contribution in [0.3, 0.4) is 0 Å². The van der Waals surface area contributed by atoms with E-state index in [1.807, 2.05) is 30.3 Å². The third-order valence-corrected chi connectivity index (χ3v) is 1.72. The number of hydrogen-bond donors (Lipinski definition) is 1. The van der Waals surface area contributed by atoms with Crippen LogP contribution in [0.2, 0.25) is 0 Å². The minimum absolute atomic E-state index is 0.733. The number of nitrogens with two attached hydrogens (primary N) is 1. The van der Waals surface area contributed by atoms with Crippen LogP contribution >= 0.6 is 0 Å². The predicted octanol–water partition coefficient (Wildman–Crippen LogP) is 3.13. The van der Waals surface area contributed by atoms with Gasteiger partial charge in [-0.1, -0.05) is 13.5 Å². The highest BCUT2D eigenvalue weighted by atomic mass is 16.5. The number of anilines is 1. The molecule has 0 saturated carbocycles. The zero-order valence-corrected chi connectivity index (χ0v) is 8.36. The Morgan fingerprint density at radius 1 is 1.43 bits per heavy atom. The molecule has 1 rings (SSSR count). The molecule has 0 aliphatic heterocycles. The van der Waals surface area contributed by atoms with Gasteiger partial charge in [0.05, 0.1) is 0 Å². The first-order chi connectivity index (χ1) is 6.76. The number of allylic oxidation sites excluding steroid dienone is 2. The van der Waals surface area contributed by atoms with E-state index in [9.17, 15) is 0 Å². The fourth-order valence-corrected chi connectivity index (χ4v) is 1.04. The molecule has 74 valence electrons. The first kappa shape index (κ1) is 10.4. The largest absolute Gasteiger partial charge is 0.458 e. The van der Waals surface area contributed by atoms with Crippen molar-refractivity contribution < 1.29 is 4.74 Å². The second kappa shape index (κ2) is 5.12. The van der Waals surface area contributed by atoms with Gasteiger partial charge in [-0.05, 0) is 42.8 Å². The van der Waals surface area contributed by atoms with E-state index in [0.29, 0.717) is 0 Å². The molecule has 0 amide bonds. The Morgan fingerprint density at radius 2 is 2.07 bits per heavy atom. The maximum atomic E-state index is 5.56. The molecule has 2 N–H and O–H groups in total. The normalized spacial score (nSPS) is 11.1. The van der Waals surface area contributed by atoms with Crippen molar-refractivity contribution in [2.75, 3.05) is 5.73 Å². The smallest absolute Gasteiger partial charge is 0.127 e. The molecule has 2 nitrogen and oxygen atoms in total. The number of nitrogen functional groups attached to an aromatic ring is 1. The van der Waals surface area contributed by atoms with Crippen molar-refractivity contribution in [3.8, 4) is 5.75 Å². The highest BCUT2D eigenvalue weighted by molar-refractivity contribution is 5.42. The quantitative estimate of drug-likeness (QED) is 0.448. The summed E-state index contributed by atoms with van der Waals surface area (Å²) in [7, 11) is 0. The van der Waals surface area contributed by atoms with E-state index in [1.165, 1.54) is 0 Å². The van der Waals surface area contributed by atoms with Gasteiger partial charge in [-0.25, -0.2) is 0 Å². The molecule has 0 saturated heterocycles. The van der Waals surface area contributed by atoms with E-state index < -0.39 is 0 Å². The fourth-order valence-electron chi connectivity index (χ4n) is 1.04. The van der Waals surface area contributed by atoms with Gasteiger partial charge < -0.3 is 10.5 Å². The fraction of sp³-hybridized carbons (Fsp3) is 0.167. The molecule has 0 spiro atoms. The second-order valence-electron chi connectivity index (χ2n) is 2.89. The van der Waals surface area contributed by atoms with Gasteiger partial charge in [0.1, 0.15) is 11.5 Å². The van der Waals surface area contributed by atoms with Gasteiger partial charge in [0.25, 0.3) is 0 Å². The van der Waals surface area contributed by atoms with E-state index in [-0.39, 0.29) is 0 Å². The molecule has 1 aromatic rings. The van der Waals surface area contributed by atoms with Crippen LogP contribution in [-0.2, 0) is 0 Å². The van der Waals surface area contributed by atoms with Crippen molar-refractivity contribution >= 4 is 5.69 Å². The summed E-state index contributed by atoms with van der Waals surface area (Å²) in [5, 5.41) is 0. The first-order valence-electron chi connectivity index (χ1n) is 4.62. The van der Waals surface area contributed by atoms with Crippen LogP contribution < -0.4 is 10.5 Å². The Bertz CT molecular complexity index is 325. The molecule has 0 fully saturated rings. The van der Waals surface area contributed by atoms with Crippen molar-refractivity contribution in [1.29, 1.82) is 0 Å². The molecule has 0 aliphatic rings. The number of hydrogen-bond acceptors (Lipinski definition) is 2. The Morgan fingerprint density at radius 3 is 2.57 bits per heavy atom. The van der Waals surface area contributed by atoms with Crippen molar-refractivity contribution in [2.24, 2.45) is 0 Å². The topological polar surface area (TPSA) is 35.2 Å². The SMILES string of the molecule is C=C/C(=C\CC)Oc1ccc(N)cc1. The number of ether oxygens (including phenoxy) is 1. The highest BCUT2D eigenvalue weighted by Gasteiger charge is 1.95. The van der Waals surface area contributed by atoms with Gasteiger partial charge in [-0.2, -0.15) is 0 Å². The van der Waals surface area contributed by atoms with Crippen molar-refractivity contribution in [3.05, 3.63) is 48.8 Å². The van der Waals surface area contributed by atoms with Gasteiger partial charge in [-0.3, -0.25) is 0 Å². The lowest BCUT2D eigenvalue weighted by Gasteiger charge is -2.05. The van der Waals surface area contributed by atoms with Crippen LogP contribution in [0.15, 0.2) is 48.8 Å². The summed E-state index contributed by atoms with van der Waals surface area (Å²) < 4.78 is 5.55. The molecule has 0 unspecified atom stereocenters. The monoisotopic (exact) mass is 189 g/mol. The van der Waals surface area contributed by atoms with Gasteiger partial charge in [0, 0.05) is 5.69 Å². The summed E-state index contributed by atoms with van der Waals surface area (Å²) in [6, 6.07) is 7.29. The minimum Gasteiger partial charge on any atom is -0.458 e. The highest BCUT2D eigenvalue weighted by Crippen LogP contribution is 2.16. The third-order valence-electron chi connectivity index (χ3n) is 1.72. The average molecular weight is 189 g/mol. The summed E-state index contributed by atoms with van der Waals surface area (Å²) in [5.74, 6) is 1.55. The lowest BCUT2D eigenvalue weighted by Crippen LogP contribution is -1.92. The molecule has 0 bridgehead atoms. The standard InChI is InChI=1S/C12H15NO/c1-3-5-11(4-2)14-12-8-6-10(13)7-9-12/h4-9H,2-3,13H2,1H3/b11-5+. The lowest BCUT2D eigenvalue weighted by molar-refractivity contribution is 0.442. The molecule has 0 aliphatic carbocycles. The van der Waals surface area contributed by atoms with Gasteiger partial charge >= 0.3 is 0 Å². The molecule has 2 heteroatoms. The van der Waals surface area contributed by atoms with Crippen LogP contribution in [-0.4, -0.2) is 0 Å². The van der Waals surface area contributed by atoms with Crippen molar-refractivity contribution in [3.63, 3.8) is 0 Å². The zero-order chi connectivity index (χ0) is 10.4. The Balaban J connectivity index is 2.72. The van der Waals surface area contributed by atoms with Crippen LogP contribution in [0.25, 0.3) is 0 Å². The van der Waals surface area contributed by atoms with Gasteiger partial charge in [0.2, 0.25) is 0 Å². The van der Waals surface area contributed by atoms with Crippen molar-refractivity contribution in [1.82, 2.24) is 0 Å². The van der Waals surface area contributed by atoms with E-state index >= 15 is 0 Å². The lowest BCUT2D eigenvalue weighted by atomic mass is 10.3. The van der Waals surface area contributed by atoms with E-state index in [0.717, 1.165) is 23.6 Å². The molecule has 1 aromatic carbocycles. The number of rotatable bonds is 4. The molecule has 0 radical (unpaired) electrons. The van der Waals surface area contributed by atoms with Crippen LogP contribution in [0.5, 0.6) is 5.75 Å². The Labute approximate surface area is 84.7 Å². The molecule has 0 atom stereocenters. The van der Waals surface area contributed by atoms with E-state index in [1.54, 1.807) is 6.08 Å². The van der Waals surface area contributed by atoms with Crippen LogP contribution in [0, 0.1) is 0 Å². The number of benzene rings is 1. The van der Waals surface area contributed by atoms with E-state index in [4.69, 9.17) is 10.5 Å². The third kappa shape index (κ3) is 2.98. The predicted molar refractivity (Wildman–Crippen MR) is 60.1 cm³/mol. The van der Waals surface area contributed by atoms with Crippen LogP contribution in [0.1, 0.15) is 13.3 Å².